The van der Waals surface area contributed by atoms with Crippen LogP contribution in [-0.2, 0) is 14.3 Å². The SMILES string of the molecule is CCCCCOC(=O)C1CCCN1C(C)=O. The predicted molar refractivity (Wildman–Crippen MR) is 60.9 cm³/mol. The number of hydrogen-bond donors (Lipinski definition) is 0. The fraction of sp³-hybridized carbons (Fsp3) is 0.833. The zero-order valence-electron chi connectivity index (χ0n) is 10.2. The molecule has 1 atom stereocenters. The molecule has 92 valence electrons. The molecule has 1 aliphatic rings. The van der Waals surface area contributed by atoms with Crippen molar-refractivity contribution in [2.45, 2.75) is 52.0 Å². The van der Waals surface area contributed by atoms with Crippen molar-refractivity contribution in [3.63, 3.8) is 0 Å². The molecule has 1 amide bonds. The molecule has 0 bridgehead atoms. The fourth-order valence-corrected chi connectivity index (χ4v) is 2.01. The van der Waals surface area contributed by atoms with Gasteiger partial charge in [-0.05, 0) is 19.3 Å². The zero-order valence-corrected chi connectivity index (χ0v) is 10.2. The maximum Gasteiger partial charge on any atom is 0.328 e. The minimum absolute atomic E-state index is 0.0343. The summed E-state index contributed by atoms with van der Waals surface area (Å²) >= 11 is 0. The first-order chi connectivity index (χ1) is 7.66. The van der Waals surface area contributed by atoms with Gasteiger partial charge in [-0.2, -0.15) is 0 Å². The van der Waals surface area contributed by atoms with Gasteiger partial charge in [-0.3, -0.25) is 4.79 Å². The first kappa shape index (κ1) is 13.0. The number of unbranched alkanes of at least 4 members (excludes halogenated alkanes) is 2. The van der Waals surface area contributed by atoms with Crippen molar-refractivity contribution in [3.8, 4) is 0 Å². The van der Waals surface area contributed by atoms with E-state index in [4.69, 9.17) is 4.74 Å². The standard InChI is InChI=1S/C12H21NO3/c1-3-4-5-9-16-12(15)11-7-6-8-13(11)10(2)14/h11H,3-9H2,1-2H3. The molecule has 1 fully saturated rings. The number of carbonyl (C=O) groups excluding carboxylic acids is 2. The summed E-state index contributed by atoms with van der Waals surface area (Å²) in [7, 11) is 0. The van der Waals surface area contributed by atoms with Crippen molar-refractivity contribution in [3.05, 3.63) is 0 Å². The summed E-state index contributed by atoms with van der Waals surface area (Å²) < 4.78 is 5.18. The quantitative estimate of drug-likeness (QED) is 0.531. The van der Waals surface area contributed by atoms with Crippen molar-refractivity contribution in [1.82, 2.24) is 4.90 Å². The second kappa shape index (κ2) is 6.51. The summed E-state index contributed by atoms with van der Waals surface area (Å²) in [6, 6.07) is -0.334. The smallest absolute Gasteiger partial charge is 0.328 e. The summed E-state index contributed by atoms with van der Waals surface area (Å²) in [6.45, 7) is 4.78. The molecule has 4 heteroatoms. The molecule has 0 aromatic carbocycles. The molecule has 0 aromatic heterocycles. The Morgan fingerprint density at radius 2 is 2.12 bits per heavy atom. The molecule has 0 aromatic rings. The lowest BCUT2D eigenvalue weighted by molar-refractivity contribution is -0.153. The Bertz CT molecular complexity index is 253. The number of carbonyl (C=O) groups is 2. The third-order valence-corrected chi connectivity index (χ3v) is 2.92. The number of esters is 1. The number of nitrogens with zero attached hydrogens (tertiary/aromatic N) is 1. The van der Waals surface area contributed by atoms with Crippen LogP contribution in [0.4, 0.5) is 0 Å². The molecule has 0 N–H and O–H groups in total. The second-order valence-electron chi connectivity index (χ2n) is 4.25. The minimum atomic E-state index is -0.334. The maximum atomic E-state index is 11.7. The average molecular weight is 227 g/mol. The highest BCUT2D eigenvalue weighted by Gasteiger charge is 2.33. The van der Waals surface area contributed by atoms with Crippen LogP contribution in [0.25, 0.3) is 0 Å². The monoisotopic (exact) mass is 227 g/mol. The number of amides is 1. The summed E-state index contributed by atoms with van der Waals surface area (Å²) in [5.74, 6) is -0.267. The summed E-state index contributed by atoms with van der Waals surface area (Å²) in [5.41, 5.74) is 0. The Hall–Kier alpha value is -1.06. The molecule has 1 saturated heterocycles. The molecule has 0 aliphatic carbocycles. The third kappa shape index (κ3) is 3.51. The van der Waals surface area contributed by atoms with E-state index in [1.165, 1.54) is 6.92 Å². The van der Waals surface area contributed by atoms with E-state index < -0.39 is 0 Å². The maximum absolute atomic E-state index is 11.7. The molecule has 16 heavy (non-hydrogen) atoms. The number of hydrogen-bond acceptors (Lipinski definition) is 3. The van der Waals surface area contributed by atoms with Gasteiger partial charge in [0.2, 0.25) is 5.91 Å². The summed E-state index contributed by atoms with van der Waals surface area (Å²) in [4.78, 5) is 24.6. The van der Waals surface area contributed by atoms with Gasteiger partial charge in [0.15, 0.2) is 0 Å². The van der Waals surface area contributed by atoms with E-state index >= 15 is 0 Å². The fourth-order valence-electron chi connectivity index (χ4n) is 2.01. The predicted octanol–water partition coefficient (Wildman–Crippen LogP) is 1.73. The number of ether oxygens (including phenoxy) is 1. The van der Waals surface area contributed by atoms with E-state index in [9.17, 15) is 9.59 Å². The van der Waals surface area contributed by atoms with Crippen LogP contribution < -0.4 is 0 Å². The van der Waals surface area contributed by atoms with Crippen LogP contribution in [0.1, 0.15) is 46.0 Å². The van der Waals surface area contributed by atoms with Gasteiger partial charge in [-0.25, -0.2) is 4.79 Å². The van der Waals surface area contributed by atoms with Crippen molar-refractivity contribution in [2.75, 3.05) is 13.2 Å². The summed E-state index contributed by atoms with van der Waals surface area (Å²) in [5, 5.41) is 0. The zero-order chi connectivity index (χ0) is 12.0. The number of rotatable bonds is 5. The van der Waals surface area contributed by atoms with E-state index in [1.807, 2.05) is 0 Å². The second-order valence-corrected chi connectivity index (χ2v) is 4.25. The molecule has 0 saturated carbocycles. The largest absolute Gasteiger partial charge is 0.464 e. The van der Waals surface area contributed by atoms with Gasteiger partial charge in [-0.15, -0.1) is 0 Å². The summed E-state index contributed by atoms with van der Waals surface area (Å²) in [6.07, 6.45) is 4.74. The van der Waals surface area contributed by atoms with Crippen LogP contribution in [-0.4, -0.2) is 36.0 Å². The topological polar surface area (TPSA) is 46.6 Å². The average Bonchev–Trinajstić information content (AvgIpc) is 2.73. The molecule has 4 nitrogen and oxygen atoms in total. The van der Waals surface area contributed by atoms with E-state index in [0.717, 1.165) is 32.1 Å². The lowest BCUT2D eigenvalue weighted by Crippen LogP contribution is -2.40. The molecule has 1 aliphatic heterocycles. The Labute approximate surface area is 96.9 Å². The molecular formula is C12H21NO3. The first-order valence-electron chi connectivity index (χ1n) is 6.10. The van der Waals surface area contributed by atoms with E-state index in [-0.39, 0.29) is 17.9 Å². The van der Waals surface area contributed by atoms with Gasteiger partial charge in [0, 0.05) is 13.5 Å². The van der Waals surface area contributed by atoms with Crippen molar-refractivity contribution >= 4 is 11.9 Å². The van der Waals surface area contributed by atoms with Crippen LogP contribution >= 0.6 is 0 Å². The van der Waals surface area contributed by atoms with Gasteiger partial charge in [0.25, 0.3) is 0 Å². The Balaban J connectivity index is 2.32. The van der Waals surface area contributed by atoms with Crippen molar-refractivity contribution < 1.29 is 14.3 Å². The van der Waals surface area contributed by atoms with Gasteiger partial charge < -0.3 is 9.64 Å². The molecule has 0 spiro atoms. The first-order valence-corrected chi connectivity index (χ1v) is 6.10. The minimum Gasteiger partial charge on any atom is -0.464 e. The van der Waals surface area contributed by atoms with Crippen LogP contribution in [0.5, 0.6) is 0 Å². The molecule has 1 rings (SSSR count). The third-order valence-electron chi connectivity index (χ3n) is 2.92. The Morgan fingerprint density at radius 3 is 2.75 bits per heavy atom. The molecular weight excluding hydrogens is 206 g/mol. The van der Waals surface area contributed by atoms with Gasteiger partial charge in [-0.1, -0.05) is 19.8 Å². The van der Waals surface area contributed by atoms with E-state index in [1.54, 1.807) is 4.90 Å². The highest BCUT2D eigenvalue weighted by Crippen LogP contribution is 2.18. The molecule has 0 radical (unpaired) electrons. The van der Waals surface area contributed by atoms with Crippen molar-refractivity contribution in [2.24, 2.45) is 0 Å². The normalized spacial score (nSPS) is 19.9. The Kier molecular flexibility index (Phi) is 5.29. The van der Waals surface area contributed by atoms with Crippen molar-refractivity contribution in [1.29, 1.82) is 0 Å². The van der Waals surface area contributed by atoms with Crippen LogP contribution in [0.3, 0.4) is 0 Å². The van der Waals surface area contributed by atoms with Crippen LogP contribution in [0.15, 0.2) is 0 Å². The van der Waals surface area contributed by atoms with Crippen LogP contribution in [0, 0.1) is 0 Å². The Morgan fingerprint density at radius 1 is 1.38 bits per heavy atom. The highest BCUT2D eigenvalue weighted by molar-refractivity contribution is 5.83. The van der Waals surface area contributed by atoms with Crippen LogP contribution in [0.2, 0.25) is 0 Å². The lowest BCUT2D eigenvalue weighted by atomic mass is 10.2. The highest BCUT2D eigenvalue weighted by atomic mass is 16.5. The van der Waals surface area contributed by atoms with E-state index in [0.29, 0.717) is 13.2 Å². The van der Waals surface area contributed by atoms with Gasteiger partial charge in [0.05, 0.1) is 6.61 Å². The van der Waals surface area contributed by atoms with E-state index in [2.05, 4.69) is 6.92 Å². The molecule has 1 heterocycles. The lowest BCUT2D eigenvalue weighted by Gasteiger charge is -2.21. The molecule has 1 unspecified atom stereocenters. The van der Waals surface area contributed by atoms with Gasteiger partial charge >= 0.3 is 5.97 Å². The number of likely N-dealkylation sites (tertiary alicyclic amines) is 1. The van der Waals surface area contributed by atoms with Gasteiger partial charge in [0.1, 0.15) is 6.04 Å².